The molecule has 1 fully saturated rings. The predicted molar refractivity (Wildman–Crippen MR) is 150 cm³/mol. The molecule has 37 heavy (non-hydrogen) atoms. The molecule has 3 aromatic rings. The summed E-state index contributed by atoms with van der Waals surface area (Å²) >= 11 is 6.06. The number of likely N-dealkylation sites (tertiary alicyclic amines) is 1. The van der Waals surface area contributed by atoms with Crippen molar-refractivity contribution in [1.82, 2.24) is 15.5 Å². The van der Waals surface area contributed by atoms with Crippen LogP contribution in [0.25, 0.3) is 0 Å². The third-order valence-corrected chi connectivity index (χ3v) is 7.11. The highest BCUT2D eigenvalue weighted by Gasteiger charge is 2.37. The summed E-state index contributed by atoms with van der Waals surface area (Å²) in [5.74, 6) is -0.432. The highest BCUT2D eigenvalue weighted by Crippen LogP contribution is 2.33. The Morgan fingerprint density at radius 1 is 1.03 bits per heavy atom. The first-order valence-electron chi connectivity index (χ1n) is 12.4. The lowest BCUT2D eigenvalue weighted by Crippen LogP contribution is -2.40. The number of carbonyl (C=O) groups excluding carboxylic acids is 2. The maximum Gasteiger partial charge on any atom is 0.251 e. The van der Waals surface area contributed by atoms with Crippen molar-refractivity contribution in [2.45, 2.75) is 18.4 Å². The molecule has 0 aromatic heterocycles. The van der Waals surface area contributed by atoms with Crippen LogP contribution in [-0.4, -0.2) is 49.9 Å². The van der Waals surface area contributed by atoms with E-state index in [1.165, 1.54) is 0 Å². The average molecular weight is 517 g/mol. The molecule has 0 saturated carbocycles. The largest absolute Gasteiger partial charge is 0.390 e. The molecular formula is C30H33ClN4O2. The summed E-state index contributed by atoms with van der Waals surface area (Å²) in [6.45, 7) is 5.52. The summed E-state index contributed by atoms with van der Waals surface area (Å²) in [5.41, 5.74) is 3.98. The third kappa shape index (κ3) is 6.79. The standard InChI is InChI=1S/C30H33ClN4O2/c1-20(32-2)28(16-21-8-5-4-6-9-21)34-29(36)23-10-7-11-25(17-23)33-30(37)27-19-35(3)18-26(27)22-12-14-24(31)15-13-22/h4-15,17,26-28,32H,1,16,18-19H2,2-3H3,(H,33,37)(H,34,36)/t26-,27+,28+/m1/s1. The van der Waals surface area contributed by atoms with Crippen LogP contribution >= 0.6 is 11.6 Å². The predicted octanol–water partition coefficient (Wildman–Crippen LogP) is 4.70. The van der Waals surface area contributed by atoms with Crippen LogP contribution in [0.5, 0.6) is 0 Å². The fourth-order valence-electron chi connectivity index (χ4n) is 4.81. The van der Waals surface area contributed by atoms with E-state index in [9.17, 15) is 9.59 Å². The zero-order chi connectivity index (χ0) is 26.4. The van der Waals surface area contributed by atoms with Gasteiger partial charge in [-0.05, 0) is 54.9 Å². The minimum Gasteiger partial charge on any atom is -0.390 e. The van der Waals surface area contributed by atoms with Crippen molar-refractivity contribution in [3.63, 3.8) is 0 Å². The molecule has 0 bridgehead atoms. The second-order valence-corrected chi connectivity index (χ2v) is 9.98. The zero-order valence-electron chi connectivity index (χ0n) is 21.2. The van der Waals surface area contributed by atoms with Gasteiger partial charge in [0.15, 0.2) is 0 Å². The number of likely N-dealkylation sites (N-methyl/N-ethyl adjacent to an activating group) is 2. The van der Waals surface area contributed by atoms with Gasteiger partial charge >= 0.3 is 0 Å². The van der Waals surface area contributed by atoms with Gasteiger partial charge in [-0.3, -0.25) is 9.59 Å². The third-order valence-electron chi connectivity index (χ3n) is 6.86. The summed E-state index contributed by atoms with van der Waals surface area (Å²) in [5, 5.41) is 9.85. The van der Waals surface area contributed by atoms with Crippen molar-refractivity contribution < 1.29 is 9.59 Å². The molecule has 7 heteroatoms. The summed E-state index contributed by atoms with van der Waals surface area (Å²) in [6.07, 6.45) is 0.615. The van der Waals surface area contributed by atoms with Crippen LogP contribution in [0, 0.1) is 5.92 Å². The first kappa shape index (κ1) is 26.5. The summed E-state index contributed by atoms with van der Waals surface area (Å²) in [6, 6.07) is 24.4. The van der Waals surface area contributed by atoms with Gasteiger partial charge in [-0.1, -0.05) is 66.7 Å². The zero-order valence-corrected chi connectivity index (χ0v) is 22.0. The number of rotatable bonds is 9. The van der Waals surface area contributed by atoms with Gasteiger partial charge in [-0.25, -0.2) is 0 Å². The van der Waals surface area contributed by atoms with Crippen molar-refractivity contribution in [3.8, 4) is 0 Å². The number of carbonyl (C=O) groups is 2. The van der Waals surface area contributed by atoms with E-state index in [-0.39, 0.29) is 29.7 Å². The fourth-order valence-corrected chi connectivity index (χ4v) is 4.94. The molecule has 0 unspecified atom stereocenters. The summed E-state index contributed by atoms with van der Waals surface area (Å²) in [7, 11) is 3.81. The number of amides is 2. The van der Waals surface area contributed by atoms with Crippen molar-refractivity contribution in [3.05, 3.63) is 113 Å². The van der Waals surface area contributed by atoms with E-state index in [0.717, 1.165) is 23.4 Å². The average Bonchev–Trinajstić information content (AvgIpc) is 3.30. The second kappa shape index (κ2) is 12.1. The first-order valence-corrected chi connectivity index (χ1v) is 12.8. The lowest BCUT2D eigenvalue weighted by atomic mass is 9.88. The molecule has 0 aliphatic carbocycles. The van der Waals surface area contributed by atoms with Crippen LogP contribution < -0.4 is 16.0 Å². The molecule has 6 nitrogen and oxygen atoms in total. The maximum atomic E-state index is 13.3. The van der Waals surface area contributed by atoms with Gasteiger partial charge in [0, 0.05) is 48.0 Å². The molecule has 1 heterocycles. The van der Waals surface area contributed by atoms with E-state index in [1.807, 2.05) is 61.6 Å². The van der Waals surface area contributed by atoms with E-state index in [1.54, 1.807) is 31.3 Å². The molecule has 0 radical (unpaired) electrons. The van der Waals surface area contributed by atoms with Gasteiger partial charge in [0.05, 0.1) is 12.0 Å². The van der Waals surface area contributed by atoms with Crippen LogP contribution in [0.1, 0.15) is 27.4 Å². The number of anilines is 1. The van der Waals surface area contributed by atoms with E-state index in [4.69, 9.17) is 11.6 Å². The Hall–Kier alpha value is -3.61. The van der Waals surface area contributed by atoms with Gasteiger partial charge in [-0.15, -0.1) is 0 Å². The van der Waals surface area contributed by atoms with Gasteiger partial charge in [0.1, 0.15) is 0 Å². The number of nitrogens with zero attached hydrogens (tertiary/aromatic N) is 1. The lowest BCUT2D eigenvalue weighted by Gasteiger charge is -2.22. The van der Waals surface area contributed by atoms with Crippen molar-refractivity contribution >= 4 is 29.1 Å². The van der Waals surface area contributed by atoms with Gasteiger partial charge in [0.25, 0.3) is 5.91 Å². The minimum atomic E-state index is -0.285. The smallest absolute Gasteiger partial charge is 0.251 e. The highest BCUT2D eigenvalue weighted by atomic mass is 35.5. The monoisotopic (exact) mass is 516 g/mol. The van der Waals surface area contributed by atoms with E-state index in [2.05, 4.69) is 27.4 Å². The van der Waals surface area contributed by atoms with Crippen LogP contribution in [0.4, 0.5) is 5.69 Å². The van der Waals surface area contributed by atoms with Gasteiger partial charge in [0.2, 0.25) is 5.91 Å². The van der Waals surface area contributed by atoms with E-state index < -0.39 is 0 Å². The van der Waals surface area contributed by atoms with Crippen LogP contribution in [0.15, 0.2) is 91.1 Å². The quantitative estimate of drug-likeness (QED) is 0.385. The minimum absolute atomic E-state index is 0.0626. The SMILES string of the molecule is C=C(NC)[C@H](Cc1ccccc1)NC(=O)c1cccc(NC(=O)[C@H]2CN(C)C[C@@H]2c2ccc(Cl)cc2)c1. The molecule has 4 rings (SSSR count). The van der Waals surface area contributed by atoms with Crippen molar-refractivity contribution in [1.29, 1.82) is 0 Å². The highest BCUT2D eigenvalue weighted by molar-refractivity contribution is 6.30. The molecular weight excluding hydrogens is 484 g/mol. The van der Waals surface area contributed by atoms with Gasteiger partial charge < -0.3 is 20.9 Å². The normalized spacial score (nSPS) is 18.1. The molecule has 192 valence electrons. The van der Waals surface area contributed by atoms with E-state index >= 15 is 0 Å². The number of hydrogen-bond acceptors (Lipinski definition) is 4. The van der Waals surface area contributed by atoms with E-state index in [0.29, 0.717) is 29.2 Å². The Labute approximate surface area is 223 Å². The Balaban J connectivity index is 1.45. The molecule has 3 atom stereocenters. The maximum absolute atomic E-state index is 13.3. The van der Waals surface area contributed by atoms with Crippen LogP contribution in [0.2, 0.25) is 5.02 Å². The lowest BCUT2D eigenvalue weighted by molar-refractivity contribution is -0.119. The Bertz CT molecular complexity index is 1250. The molecule has 2 amide bonds. The number of nitrogens with one attached hydrogen (secondary N) is 3. The fraction of sp³-hybridized carbons (Fsp3) is 0.267. The molecule has 3 aromatic carbocycles. The second-order valence-electron chi connectivity index (χ2n) is 9.55. The van der Waals surface area contributed by atoms with Crippen molar-refractivity contribution in [2.75, 3.05) is 32.5 Å². The molecule has 1 aliphatic rings. The van der Waals surface area contributed by atoms with Crippen molar-refractivity contribution in [2.24, 2.45) is 5.92 Å². The molecule has 0 spiro atoms. The Morgan fingerprint density at radius 2 is 1.76 bits per heavy atom. The first-order chi connectivity index (χ1) is 17.8. The number of benzene rings is 3. The Kier molecular flexibility index (Phi) is 8.64. The molecule has 1 aliphatic heterocycles. The molecule has 1 saturated heterocycles. The van der Waals surface area contributed by atoms with Gasteiger partial charge in [-0.2, -0.15) is 0 Å². The summed E-state index contributed by atoms with van der Waals surface area (Å²) in [4.78, 5) is 28.6. The molecule has 3 N–H and O–H groups in total. The number of hydrogen-bond donors (Lipinski definition) is 3. The van der Waals surface area contributed by atoms with Crippen LogP contribution in [0.3, 0.4) is 0 Å². The van der Waals surface area contributed by atoms with Crippen LogP contribution in [-0.2, 0) is 11.2 Å². The number of halogens is 1. The summed E-state index contributed by atoms with van der Waals surface area (Å²) < 4.78 is 0. The topological polar surface area (TPSA) is 73.5 Å². The Morgan fingerprint density at radius 3 is 2.46 bits per heavy atom.